The Balaban J connectivity index is 1.60. The molecule has 0 saturated heterocycles. The Morgan fingerprint density at radius 1 is 1.04 bits per heavy atom. The van der Waals surface area contributed by atoms with Crippen molar-refractivity contribution in [3.05, 3.63) is 71.2 Å². The van der Waals surface area contributed by atoms with E-state index in [1.807, 2.05) is 68.4 Å². The quantitative estimate of drug-likeness (QED) is 0.637. The lowest BCUT2D eigenvalue weighted by Crippen LogP contribution is -1.99. The summed E-state index contributed by atoms with van der Waals surface area (Å²) in [6.45, 7) is 5.27. The number of hydrogen-bond donors (Lipinski definition) is 1. The maximum absolute atomic E-state index is 9.26. The minimum atomic E-state index is 0.134. The molecule has 6 nitrogen and oxygen atoms in total. The number of rotatable bonds is 8. The molecule has 2 aromatic carbocycles. The number of hydrogen-bond acceptors (Lipinski definition) is 6. The second kappa shape index (κ2) is 8.77. The lowest BCUT2D eigenvalue weighted by Gasteiger charge is -2.06. The van der Waals surface area contributed by atoms with Crippen LogP contribution in [-0.4, -0.2) is 11.6 Å². The number of ether oxygens (including phenoxy) is 2. The summed E-state index contributed by atoms with van der Waals surface area (Å²) in [5, 5.41) is 12.4. The summed E-state index contributed by atoms with van der Waals surface area (Å²) in [4.78, 5) is 4.18. The summed E-state index contributed by atoms with van der Waals surface area (Å²) in [6.07, 6.45) is 0. The van der Waals surface area contributed by atoms with Crippen molar-refractivity contribution in [2.45, 2.75) is 27.0 Å². The molecule has 0 spiro atoms. The smallest absolute Gasteiger partial charge is 0.236 e. The number of anilines is 1. The topological polar surface area (TPSA) is 80.3 Å². The van der Waals surface area contributed by atoms with E-state index < -0.39 is 0 Å². The van der Waals surface area contributed by atoms with Gasteiger partial charge in [0.2, 0.25) is 17.5 Å². The van der Waals surface area contributed by atoms with Crippen LogP contribution in [0.2, 0.25) is 0 Å². The molecule has 27 heavy (non-hydrogen) atoms. The van der Waals surface area contributed by atoms with Crippen molar-refractivity contribution in [3.63, 3.8) is 0 Å². The predicted molar refractivity (Wildman–Crippen MR) is 102 cm³/mol. The van der Waals surface area contributed by atoms with Gasteiger partial charge in [0, 0.05) is 6.54 Å². The highest BCUT2D eigenvalue weighted by Crippen LogP contribution is 2.21. The molecule has 0 amide bonds. The van der Waals surface area contributed by atoms with E-state index in [1.54, 1.807) is 0 Å². The zero-order chi connectivity index (χ0) is 19.1. The Kier molecular flexibility index (Phi) is 5.95. The third-order valence-electron chi connectivity index (χ3n) is 3.85. The highest BCUT2D eigenvalue weighted by molar-refractivity contribution is 5.45. The first kappa shape index (κ1) is 18.3. The SMILES string of the molecule is CCOc1ccc(OCc2nc(C#N)c(NCc3ccc(C)cc3)o2)cc1. The largest absolute Gasteiger partial charge is 0.494 e. The van der Waals surface area contributed by atoms with Crippen LogP contribution in [0.5, 0.6) is 11.5 Å². The first-order valence-corrected chi connectivity index (χ1v) is 8.73. The van der Waals surface area contributed by atoms with Crippen molar-refractivity contribution in [2.24, 2.45) is 0 Å². The number of benzene rings is 2. The number of nitrogens with zero attached hydrogens (tertiary/aromatic N) is 2. The van der Waals surface area contributed by atoms with Gasteiger partial charge in [-0.3, -0.25) is 0 Å². The van der Waals surface area contributed by atoms with Crippen molar-refractivity contribution in [2.75, 3.05) is 11.9 Å². The Morgan fingerprint density at radius 3 is 2.33 bits per heavy atom. The van der Waals surface area contributed by atoms with E-state index >= 15 is 0 Å². The first-order chi connectivity index (χ1) is 13.2. The van der Waals surface area contributed by atoms with Crippen LogP contribution in [0.3, 0.4) is 0 Å². The van der Waals surface area contributed by atoms with Crippen LogP contribution in [0, 0.1) is 18.3 Å². The van der Waals surface area contributed by atoms with Crippen LogP contribution in [0.25, 0.3) is 0 Å². The third-order valence-corrected chi connectivity index (χ3v) is 3.85. The van der Waals surface area contributed by atoms with Crippen molar-refractivity contribution < 1.29 is 13.9 Å². The molecule has 0 aliphatic heterocycles. The monoisotopic (exact) mass is 363 g/mol. The number of nitrogens with one attached hydrogen (secondary N) is 1. The van der Waals surface area contributed by atoms with Crippen LogP contribution in [0.1, 0.15) is 29.6 Å². The van der Waals surface area contributed by atoms with Crippen LogP contribution < -0.4 is 14.8 Å². The highest BCUT2D eigenvalue weighted by atomic mass is 16.5. The van der Waals surface area contributed by atoms with Crippen LogP contribution >= 0.6 is 0 Å². The number of aromatic nitrogens is 1. The molecule has 1 aromatic heterocycles. The normalized spacial score (nSPS) is 10.3. The Hall–Kier alpha value is -3.46. The fraction of sp³-hybridized carbons (Fsp3) is 0.238. The van der Waals surface area contributed by atoms with Gasteiger partial charge < -0.3 is 19.2 Å². The third kappa shape index (κ3) is 5.02. The van der Waals surface area contributed by atoms with Gasteiger partial charge in [-0.05, 0) is 43.7 Å². The summed E-state index contributed by atoms with van der Waals surface area (Å²) in [5.74, 6) is 2.15. The molecule has 0 aliphatic rings. The Bertz CT molecular complexity index is 909. The molecular formula is C21H21N3O3. The average Bonchev–Trinajstić information content (AvgIpc) is 3.09. The van der Waals surface area contributed by atoms with Gasteiger partial charge in [0.25, 0.3) is 0 Å². The van der Waals surface area contributed by atoms with Gasteiger partial charge >= 0.3 is 0 Å². The molecule has 0 atom stereocenters. The van der Waals surface area contributed by atoms with Crippen molar-refractivity contribution >= 4 is 5.88 Å². The summed E-state index contributed by atoms with van der Waals surface area (Å²) in [6, 6.07) is 17.5. The number of oxazole rings is 1. The maximum atomic E-state index is 9.26. The fourth-order valence-corrected chi connectivity index (χ4v) is 2.45. The lowest BCUT2D eigenvalue weighted by atomic mass is 10.1. The Labute approximate surface area is 158 Å². The van der Waals surface area contributed by atoms with Gasteiger partial charge in [0.15, 0.2) is 6.61 Å². The predicted octanol–water partition coefficient (Wildman–Crippen LogP) is 4.44. The van der Waals surface area contributed by atoms with Crippen LogP contribution in [0.15, 0.2) is 52.9 Å². The first-order valence-electron chi connectivity index (χ1n) is 8.73. The van der Waals surface area contributed by atoms with Gasteiger partial charge in [0.05, 0.1) is 6.61 Å². The molecular weight excluding hydrogens is 342 g/mol. The Morgan fingerprint density at radius 2 is 1.70 bits per heavy atom. The molecule has 138 valence electrons. The minimum Gasteiger partial charge on any atom is -0.494 e. The molecule has 0 radical (unpaired) electrons. The van der Waals surface area contributed by atoms with Gasteiger partial charge in [0.1, 0.15) is 17.6 Å². The summed E-state index contributed by atoms with van der Waals surface area (Å²) in [7, 11) is 0. The van der Waals surface area contributed by atoms with E-state index in [0.29, 0.717) is 30.7 Å². The van der Waals surface area contributed by atoms with Crippen LogP contribution in [0.4, 0.5) is 5.88 Å². The summed E-state index contributed by atoms with van der Waals surface area (Å²) >= 11 is 0. The fourth-order valence-electron chi connectivity index (χ4n) is 2.45. The van der Waals surface area contributed by atoms with Gasteiger partial charge in [-0.2, -0.15) is 10.2 Å². The summed E-state index contributed by atoms with van der Waals surface area (Å²) in [5.41, 5.74) is 2.50. The molecule has 0 unspecified atom stereocenters. The van der Waals surface area contributed by atoms with Gasteiger partial charge in [-0.25, -0.2) is 0 Å². The average molecular weight is 363 g/mol. The van der Waals surface area contributed by atoms with Gasteiger partial charge in [-0.15, -0.1) is 0 Å². The van der Waals surface area contributed by atoms with E-state index in [4.69, 9.17) is 13.9 Å². The summed E-state index contributed by atoms with van der Waals surface area (Å²) < 4.78 is 16.7. The molecule has 0 aliphatic carbocycles. The second-order valence-corrected chi connectivity index (χ2v) is 5.93. The lowest BCUT2D eigenvalue weighted by molar-refractivity contribution is 0.264. The zero-order valence-corrected chi connectivity index (χ0v) is 15.4. The number of nitriles is 1. The zero-order valence-electron chi connectivity index (χ0n) is 15.4. The van der Waals surface area contributed by atoms with Crippen LogP contribution in [-0.2, 0) is 13.2 Å². The molecule has 6 heteroatoms. The molecule has 1 N–H and O–H groups in total. The van der Waals surface area contributed by atoms with E-state index in [2.05, 4.69) is 10.3 Å². The van der Waals surface area contributed by atoms with E-state index in [0.717, 1.165) is 11.3 Å². The maximum Gasteiger partial charge on any atom is 0.236 e. The molecule has 1 heterocycles. The molecule has 0 fully saturated rings. The van der Waals surface area contributed by atoms with E-state index in [-0.39, 0.29) is 12.3 Å². The van der Waals surface area contributed by atoms with E-state index in [9.17, 15) is 5.26 Å². The highest BCUT2D eigenvalue weighted by Gasteiger charge is 2.13. The van der Waals surface area contributed by atoms with Crippen molar-refractivity contribution in [3.8, 4) is 17.6 Å². The van der Waals surface area contributed by atoms with Crippen molar-refractivity contribution in [1.29, 1.82) is 5.26 Å². The van der Waals surface area contributed by atoms with E-state index in [1.165, 1.54) is 5.56 Å². The standard InChI is InChI=1S/C21H21N3O3/c1-3-25-17-8-10-18(11-9-17)26-14-20-24-19(12-22)21(27-20)23-13-16-6-4-15(2)5-7-16/h4-11,23H,3,13-14H2,1-2H3. The minimum absolute atomic E-state index is 0.134. The molecule has 0 bridgehead atoms. The molecule has 0 saturated carbocycles. The number of aryl methyl sites for hydroxylation is 1. The molecule has 3 rings (SSSR count). The van der Waals surface area contributed by atoms with Crippen molar-refractivity contribution in [1.82, 2.24) is 4.98 Å². The second-order valence-electron chi connectivity index (χ2n) is 5.93. The van der Waals surface area contributed by atoms with Gasteiger partial charge in [-0.1, -0.05) is 29.8 Å². The molecule has 3 aromatic rings.